The van der Waals surface area contributed by atoms with Gasteiger partial charge in [-0.05, 0) is 29.8 Å². The monoisotopic (exact) mass is 350 g/mol. The molecule has 3 N–H and O–H groups in total. The van der Waals surface area contributed by atoms with Gasteiger partial charge in [-0.15, -0.1) is 0 Å². The first-order valence-electron chi connectivity index (χ1n) is 8.15. The van der Waals surface area contributed by atoms with Gasteiger partial charge in [0.05, 0.1) is 27.4 Å². The maximum atomic E-state index is 12.8. The summed E-state index contributed by atoms with van der Waals surface area (Å²) >= 11 is 0. The molecule has 0 aliphatic carbocycles. The second-order valence-electron chi connectivity index (χ2n) is 5.71. The molecule has 0 amide bonds. The molecule has 0 saturated heterocycles. The van der Waals surface area contributed by atoms with E-state index in [0.717, 1.165) is 11.1 Å². The zero-order valence-corrected chi connectivity index (χ0v) is 14.6. The molecule has 2 aromatic rings. The molecule has 136 valence electrons. The Bertz CT molecular complexity index is 648. The Morgan fingerprint density at radius 3 is 2.36 bits per heavy atom. The van der Waals surface area contributed by atoms with Crippen LogP contribution in [0.3, 0.4) is 0 Å². The van der Waals surface area contributed by atoms with Crippen molar-refractivity contribution < 1.29 is 29.0 Å². The third-order valence-corrected chi connectivity index (χ3v) is 3.76. The molecule has 1 atom stereocenters. The van der Waals surface area contributed by atoms with Crippen LogP contribution >= 0.6 is 0 Å². The molecule has 0 radical (unpaired) electrons. The van der Waals surface area contributed by atoms with Crippen LogP contribution < -0.4 is 14.8 Å². The van der Waals surface area contributed by atoms with Gasteiger partial charge >= 0.3 is 0 Å². The summed E-state index contributed by atoms with van der Waals surface area (Å²) in [6.45, 7) is 1.83. The van der Waals surface area contributed by atoms with Crippen LogP contribution in [-0.4, -0.2) is 38.6 Å². The predicted octanol–water partition coefficient (Wildman–Crippen LogP) is 1.48. The van der Waals surface area contributed by atoms with Gasteiger partial charge in [-0.25, -0.2) is 4.39 Å². The van der Waals surface area contributed by atoms with Gasteiger partial charge in [0.25, 0.3) is 0 Å². The summed E-state index contributed by atoms with van der Waals surface area (Å²) in [5.41, 5.74) is 1.96. The zero-order valence-electron chi connectivity index (χ0n) is 14.6. The Balaban J connectivity index is 1.68. The summed E-state index contributed by atoms with van der Waals surface area (Å²) in [6, 6.07) is 11.9. The summed E-state index contributed by atoms with van der Waals surface area (Å²) in [7, 11) is 3.18. The van der Waals surface area contributed by atoms with Gasteiger partial charge in [-0.1, -0.05) is 18.2 Å². The number of halogens is 1. The highest BCUT2D eigenvalue weighted by Crippen LogP contribution is 2.27. The van der Waals surface area contributed by atoms with Gasteiger partial charge in [0, 0.05) is 5.56 Å². The minimum Gasteiger partial charge on any atom is -0.493 e. The maximum absolute atomic E-state index is 12.8. The van der Waals surface area contributed by atoms with E-state index in [0.29, 0.717) is 31.2 Å². The number of hydrogen-bond donors (Lipinski definition) is 2. The molecule has 0 unspecified atom stereocenters. The standard InChI is InChI=1S/C19H24FNO4/c1-23-18-8-5-15(9-19(18)24-2)12-25-13-17(22)11-21-10-14-3-6-16(20)7-4-14/h3-9,17,21-22H,10-13H2,1-2H3/p+1/t17-/m0/s1. The highest BCUT2D eigenvalue weighted by Gasteiger charge is 2.09. The number of nitrogens with two attached hydrogens (primary N) is 1. The molecular weight excluding hydrogens is 325 g/mol. The number of aliphatic hydroxyl groups excluding tert-OH is 1. The van der Waals surface area contributed by atoms with E-state index in [1.165, 1.54) is 12.1 Å². The number of aliphatic hydroxyl groups is 1. The smallest absolute Gasteiger partial charge is 0.161 e. The lowest BCUT2D eigenvalue weighted by molar-refractivity contribution is -0.676. The molecule has 2 rings (SSSR count). The van der Waals surface area contributed by atoms with E-state index in [2.05, 4.69) is 0 Å². The van der Waals surface area contributed by atoms with Crippen molar-refractivity contribution in [1.82, 2.24) is 0 Å². The second kappa shape index (κ2) is 9.98. The lowest BCUT2D eigenvalue weighted by Crippen LogP contribution is -2.85. The van der Waals surface area contributed by atoms with Crippen LogP contribution in [0, 0.1) is 5.82 Å². The predicted molar refractivity (Wildman–Crippen MR) is 92.1 cm³/mol. The van der Waals surface area contributed by atoms with Crippen molar-refractivity contribution in [3.05, 3.63) is 59.4 Å². The largest absolute Gasteiger partial charge is 0.493 e. The molecule has 25 heavy (non-hydrogen) atoms. The number of quaternary nitrogens is 1. The topological polar surface area (TPSA) is 64.5 Å². The molecule has 0 saturated carbocycles. The van der Waals surface area contributed by atoms with Gasteiger partial charge in [0.1, 0.15) is 25.0 Å². The van der Waals surface area contributed by atoms with Gasteiger partial charge in [0.2, 0.25) is 0 Å². The van der Waals surface area contributed by atoms with E-state index in [1.807, 2.05) is 23.5 Å². The van der Waals surface area contributed by atoms with Crippen LogP contribution in [0.1, 0.15) is 11.1 Å². The Morgan fingerprint density at radius 2 is 1.68 bits per heavy atom. The Morgan fingerprint density at radius 1 is 1.00 bits per heavy atom. The fraction of sp³-hybridized carbons (Fsp3) is 0.368. The molecule has 2 aromatic carbocycles. The third-order valence-electron chi connectivity index (χ3n) is 3.76. The van der Waals surface area contributed by atoms with Gasteiger partial charge in [-0.2, -0.15) is 0 Å². The Labute approximate surface area is 147 Å². The second-order valence-corrected chi connectivity index (χ2v) is 5.71. The van der Waals surface area contributed by atoms with Crippen LogP contribution in [0.5, 0.6) is 11.5 Å². The normalized spacial score (nSPS) is 12.0. The quantitative estimate of drug-likeness (QED) is 0.681. The number of methoxy groups -OCH3 is 2. The average Bonchev–Trinajstić information content (AvgIpc) is 2.63. The van der Waals surface area contributed by atoms with Crippen molar-refractivity contribution in [3.8, 4) is 11.5 Å². The van der Waals surface area contributed by atoms with Crippen molar-refractivity contribution in [2.24, 2.45) is 0 Å². The van der Waals surface area contributed by atoms with E-state index in [1.54, 1.807) is 26.4 Å². The lowest BCUT2D eigenvalue weighted by Gasteiger charge is -2.12. The molecule has 0 fully saturated rings. The molecule has 6 heteroatoms. The van der Waals surface area contributed by atoms with Crippen molar-refractivity contribution >= 4 is 0 Å². The average molecular weight is 350 g/mol. The van der Waals surface area contributed by atoms with Gasteiger partial charge < -0.3 is 24.6 Å². The van der Waals surface area contributed by atoms with Crippen LogP contribution in [0.25, 0.3) is 0 Å². The van der Waals surface area contributed by atoms with Crippen molar-refractivity contribution in [2.45, 2.75) is 19.3 Å². The summed E-state index contributed by atoms with van der Waals surface area (Å²) < 4.78 is 28.8. The summed E-state index contributed by atoms with van der Waals surface area (Å²) in [5, 5.41) is 11.9. The fourth-order valence-electron chi connectivity index (χ4n) is 2.41. The van der Waals surface area contributed by atoms with E-state index in [-0.39, 0.29) is 12.4 Å². The van der Waals surface area contributed by atoms with Crippen molar-refractivity contribution in [2.75, 3.05) is 27.4 Å². The van der Waals surface area contributed by atoms with Crippen molar-refractivity contribution in [3.63, 3.8) is 0 Å². The Hall–Kier alpha value is -2.15. The molecular formula is C19H25FNO4+. The van der Waals surface area contributed by atoms with Gasteiger partial charge in [-0.3, -0.25) is 0 Å². The third kappa shape index (κ3) is 6.34. The molecule has 0 aliphatic heterocycles. The number of hydrogen-bond acceptors (Lipinski definition) is 4. The molecule has 0 spiro atoms. The lowest BCUT2D eigenvalue weighted by atomic mass is 10.2. The maximum Gasteiger partial charge on any atom is 0.161 e. The molecule has 0 heterocycles. The first-order valence-corrected chi connectivity index (χ1v) is 8.15. The van der Waals surface area contributed by atoms with Crippen molar-refractivity contribution in [1.29, 1.82) is 0 Å². The van der Waals surface area contributed by atoms with Crippen LogP contribution in [0.15, 0.2) is 42.5 Å². The first-order chi connectivity index (χ1) is 12.1. The highest BCUT2D eigenvalue weighted by molar-refractivity contribution is 5.42. The summed E-state index contributed by atoms with van der Waals surface area (Å²) in [4.78, 5) is 0. The van der Waals surface area contributed by atoms with Crippen LogP contribution in [0.2, 0.25) is 0 Å². The molecule has 5 nitrogen and oxygen atoms in total. The van der Waals surface area contributed by atoms with Crippen LogP contribution in [-0.2, 0) is 17.9 Å². The minimum absolute atomic E-state index is 0.243. The SMILES string of the molecule is COc1ccc(COC[C@@H](O)C[NH2+]Cc2ccc(F)cc2)cc1OC. The number of ether oxygens (including phenoxy) is 3. The minimum atomic E-state index is -0.569. The summed E-state index contributed by atoms with van der Waals surface area (Å²) in [6.07, 6.45) is -0.569. The molecule has 0 aliphatic rings. The molecule has 0 bridgehead atoms. The van der Waals surface area contributed by atoms with E-state index >= 15 is 0 Å². The van der Waals surface area contributed by atoms with Crippen LogP contribution in [0.4, 0.5) is 4.39 Å². The highest BCUT2D eigenvalue weighted by atomic mass is 19.1. The first kappa shape index (κ1) is 19.2. The van der Waals surface area contributed by atoms with E-state index in [4.69, 9.17) is 14.2 Å². The van der Waals surface area contributed by atoms with Gasteiger partial charge in [0.15, 0.2) is 11.5 Å². The number of rotatable bonds is 10. The Kier molecular flexibility index (Phi) is 7.66. The fourth-order valence-corrected chi connectivity index (χ4v) is 2.41. The summed E-state index contributed by atoms with van der Waals surface area (Å²) in [5.74, 6) is 1.07. The van der Waals surface area contributed by atoms with E-state index < -0.39 is 6.10 Å². The molecule has 0 aromatic heterocycles. The zero-order chi connectivity index (χ0) is 18.1. The van der Waals surface area contributed by atoms with E-state index in [9.17, 15) is 9.50 Å². The number of benzene rings is 2.